The van der Waals surface area contributed by atoms with Crippen molar-refractivity contribution in [3.63, 3.8) is 0 Å². The first-order valence-corrected chi connectivity index (χ1v) is 10.3. The Kier molecular flexibility index (Phi) is 11.2. The smallest absolute Gasteiger partial charge is 0.422 e. The normalized spacial score (nSPS) is 12.6. The van der Waals surface area contributed by atoms with Crippen molar-refractivity contribution >= 4 is 40.7 Å². The number of aliphatic imine (C=N–C) groups is 1. The summed E-state index contributed by atoms with van der Waals surface area (Å²) in [6.45, 7) is 1.09. The van der Waals surface area contributed by atoms with Crippen molar-refractivity contribution in [2.75, 3.05) is 26.0 Å². The molecule has 1 atom stereocenters. The lowest BCUT2D eigenvalue weighted by atomic mass is 10.1. The number of nitrogens with zero attached hydrogens (tertiary/aromatic N) is 1. The maximum absolute atomic E-state index is 12.5. The van der Waals surface area contributed by atoms with Gasteiger partial charge in [0.2, 0.25) is 0 Å². The maximum atomic E-state index is 12.5. The molecule has 0 aliphatic rings. The molecule has 0 saturated carbocycles. The van der Waals surface area contributed by atoms with Gasteiger partial charge >= 0.3 is 6.18 Å². The predicted molar refractivity (Wildman–Crippen MR) is 124 cm³/mol. The molecule has 0 saturated heterocycles. The van der Waals surface area contributed by atoms with Crippen molar-refractivity contribution in [2.45, 2.75) is 24.5 Å². The van der Waals surface area contributed by atoms with Crippen LogP contribution in [-0.2, 0) is 17.3 Å². The number of benzene rings is 2. The fourth-order valence-corrected chi connectivity index (χ4v) is 3.44. The molecule has 2 aromatic carbocycles. The second kappa shape index (κ2) is 12.8. The van der Waals surface area contributed by atoms with Gasteiger partial charge in [0.15, 0.2) is 12.6 Å². The van der Waals surface area contributed by atoms with Crippen LogP contribution in [0, 0.1) is 6.92 Å². The zero-order valence-corrected chi connectivity index (χ0v) is 19.8. The first-order chi connectivity index (χ1) is 13.8. The minimum atomic E-state index is -4.40. The van der Waals surface area contributed by atoms with Crippen molar-refractivity contribution in [1.82, 2.24) is 10.6 Å². The lowest BCUT2D eigenvalue weighted by Crippen LogP contribution is -2.38. The monoisotopic (exact) mass is 555 g/mol. The highest BCUT2D eigenvalue weighted by Gasteiger charge is 2.28. The number of hydrogen-bond donors (Lipinski definition) is 2. The van der Waals surface area contributed by atoms with Gasteiger partial charge in [0.25, 0.3) is 0 Å². The summed E-state index contributed by atoms with van der Waals surface area (Å²) >= 11 is 0. The molecule has 30 heavy (non-hydrogen) atoms. The SMILES string of the molecule is CN=C(NCCS(=O)c1ccccc1)NCc1ccc(C)cc1OCC(F)(F)F.I. The van der Waals surface area contributed by atoms with E-state index >= 15 is 0 Å². The summed E-state index contributed by atoms with van der Waals surface area (Å²) in [4.78, 5) is 4.83. The molecular formula is C20H25F3IN3O2S. The highest BCUT2D eigenvalue weighted by molar-refractivity contribution is 14.0. The highest BCUT2D eigenvalue weighted by atomic mass is 127. The summed E-state index contributed by atoms with van der Waals surface area (Å²) in [5.41, 5.74) is 1.38. The van der Waals surface area contributed by atoms with Crippen LogP contribution in [0.2, 0.25) is 0 Å². The van der Waals surface area contributed by atoms with Crippen molar-refractivity contribution in [3.8, 4) is 5.75 Å². The fourth-order valence-electron chi connectivity index (χ4n) is 2.45. The van der Waals surface area contributed by atoms with Gasteiger partial charge in [0.05, 0.1) is 10.8 Å². The molecule has 0 radical (unpaired) electrons. The average molecular weight is 555 g/mol. The second-order valence-electron chi connectivity index (χ2n) is 6.23. The summed E-state index contributed by atoms with van der Waals surface area (Å²) in [5.74, 6) is 1.03. The molecule has 0 spiro atoms. The number of halogens is 4. The lowest BCUT2D eigenvalue weighted by Gasteiger charge is -2.16. The van der Waals surface area contributed by atoms with Gasteiger partial charge in [0, 0.05) is 36.3 Å². The third kappa shape index (κ3) is 9.33. The molecule has 0 aliphatic carbocycles. The van der Waals surface area contributed by atoms with E-state index in [9.17, 15) is 17.4 Å². The zero-order valence-electron chi connectivity index (χ0n) is 16.7. The molecule has 0 fully saturated rings. The number of alkyl halides is 3. The van der Waals surface area contributed by atoms with Crippen LogP contribution in [0.3, 0.4) is 0 Å². The topological polar surface area (TPSA) is 62.7 Å². The van der Waals surface area contributed by atoms with E-state index in [4.69, 9.17) is 4.74 Å². The Bertz CT molecular complexity index is 849. The third-order valence-electron chi connectivity index (χ3n) is 3.87. The van der Waals surface area contributed by atoms with Crippen LogP contribution in [0.5, 0.6) is 5.75 Å². The van der Waals surface area contributed by atoms with Crippen molar-refractivity contribution in [3.05, 3.63) is 59.7 Å². The third-order valence-corrected chi connectivity index (χ3v) is 5.24. The number of ether oxygens (including phenoxy) is 1. The molecule has 0 aliphatic heterocycles. The minimum Gasteiger partial charge on any atom is -0.484 e. The van der Waals surface area contributed by atoms with Gasteiger partial charge < -0.3 is 15.4 Å². The Morgan fingerprint density at radius 2 is 1.83 bits per heavy atom. The van der Waals surface area contributed by atoms with Crippen LogP contribution in [0.4, 0.5) is 13.2 Å². The number of aryl methyl sites for hydroxylation is 1. The average Bonchev–Trinajstić information content (AvgIpc) is 2.69. The Hall–Kier alpha value is -1.82. The molecule has 0 bridgehead atoms. The van der Waals surface area contributed by atoms with Crippen LogP contribution in [-0.4, -0.2) is 42.3 Å². The Morgan fingerprint density at radius 3 is 2.47 bits per heavy atom. The highest BCUT2D eigenvalue weighted by Crippen LogP contribution is 2.23. The van der Waals surface area contributed by atoms with Crippen molar-refractivity contribution < 1.29 is 22.1 Å². The molecule has 10 heteroatoms. The molecule has 166 valence electrons. The largest absolute Gasteiger partial charge is 0.484 e. The molecular weight excluding hydrogens is 530 g/mol. The van der Waals surface area contributed by atoms with Crippen molar-refractivity contribution in [2.24, 2.45) is 4.99 Å². The molecule has 2 N–H and O–H groups in total. The Morgan fingerprint density at radius 1 is 1.13 bits per heavy atom. The number of nitrogens with one attached hydrogen (secondary N) is 2. The first-order valence-electron chi connectivity index (χ1n) is 8.95. The molecule has 1 unspecified atom stereocenters. The molecule has 2 rings (SSSR count). The molecule has 5 nitrogen and oxygen atoms in total. The van der Waals surface area contributed by atoms with E-state index in [0.29, 0.717) is 23.8 Å². The Labute approximate surface area is 194 Å². The van der Waals surface area contributed by atoms with Gasteiger partial charge in [-0.1, -0.05) is 30.3 Å². The van der Waals surface area contributed by atoms with E-state index in [0.717, 1.165) is 10.5 Å². The van der Waals surface area contributed by atoms with E-state index in [1.165, 1.54) is 0 Å². The molecule has 0 aromatic heterocycles. The molecule has 0 heterocycles. The summed E-state index contributed by atoms with van der Waals surface area (Å²) in [6.07, 6.45) is -4.40. The van der Waals surface area contributed by atoms with Crippen LogP contribution < -0.4 is 15.4 Å². The van der Waals surface area contributed by atoms with Crippen LogP contribution >= 0.6 is 24.0 Å². The van der Waals surface area contributed by atoms with Crippen molar-refractivity contribution in [1.29, 1.82) is 0 Å². The Balaban J connectivity index is 0.00000450. The summed E-state index contributed by atoms with van der Waals surface area (Å²) in [5, 5.41) is 6.09. The number of guanidine groups is 1. The van der Waals surface area contributed by atoms with E-state index in [1.807, 2.05) is 30.3 Å². The number of hydrogen-bond acceptors (Lipinski definition) is 3. The van der Waals surface area contributed by atoms with E-state index < -0.39 is 23.6 Å². The minimum absolute atomic E-state index is 0. The van der Waals surface area contributed by atoms with Gasteiger partial charge in [-0.25, -0.2) is 0 Å². The number of rotatable bonds is 8. The summed E-state index contributed by atoms with van der Waals surface area (Å²) < 4.78 is 54.6. The van der Waals surface area contributed by atoms with E-state index in [-0.39, 0.29) is 36.3 Å². The standard InChI is InChI=1S/C20H24F3N3O2S.HI/c1-15-8-9-16(18(12-15)28-14-20(21,22)23)13-26-19(24-2)25-10-11-29(27)17-6-4-3-5-7-17;/h3-9,12H,10-11,13-14H2,1-2H3,(H2,24,25,26);1H. The van der Waals surface area contributed by atoms with Crippen LogP contribution in [0.15, 0.2) is 58.4 Å². The second-order valence-corrected chi connectivity index (χ2v) is 7.80. The van der Waals surface area contributed by atoms with E-state index in [2.05, 4.69) is 15.6 Å². The van der Waals surface area contributed by atoms with Gasteiger partial charge in [-0.05, 0) is 30.7 Å². The van der Waals surface area contributed by atoms with Gasteiger partial charge in [-0.15, -0.1) is 24.0 Å². The van der Waals surface area contributed by atoms with E-state index in [1.54, 1.807) is 32.2 Å². The van der Waals surface area contributed by atoms with Gasteiger partial charge in [-0.3, -0.25) is 9.20 Å². The quantitative estimate of drug-likeness (QED) is 0.294. The molecule has 2 aromatic rings. The predicted octanol–water partition coefficient (Wildman–Crippen LogP) is 4.03. The first kappa shape index (κ1) is 26.2. The lowest BCUT2D eigenvalue weighted by molar-refractivity contribution is -0.153. The molecule has 0 amide bonds. The zero-order chi connectivity index (χ0) is 21.3. The summed E-state index contributed by atoms with van der Waals surface area (Å²) in [7, 11) is 0.452. The van der Waals surface area contributed by atoms with Crippen LogP contribution in [0.25, 0.3) is 0 Å². The van der Waals surface area contributed by atoms with Crippen LogP contribution in [0.1, 0.15) is 11.1 Å². The fraction of sp³-hybridized carbons (Fsp3) is 0.350. The maximum Gasteiger partial charge on any atom is 0.422 e. The van der Waals surface area contributed by atoms with Gasteiger partial charge in [0.1, 0.15) is 5.75 Å². The van der Waals surface area contributed by atoms with Gasteiger partial charge in [-0.2, -0.15) is 13.2 Å². The summed E-state index contributed by atoms with van der Waals surface area (Å²) in [6, 6.07) is 14.2.